The number of carboxylic acid groups (broad SMARTS) is 1. The third kappa shape index (κ3) is 6.30. The highest BCUT2D eigenvalue weighted by atomic mass is 35.5. The number of halogens is 4. The van der Waals surface area contributed by atoms with Crippen LogP contribution in [0.2, 0.25) is 5.02 Å². The maximum atomic E-state index is 13.5. The van der Waals surface area contributed by atoms with Gasteiger partial charge in [-0.15, -0.1) is 0 Å². The lowest BCUT2D eigenvalue weighted by Gasteiger charge is -2.39. The number of piperidine rings is 1. The van der Waals surface area contributed by atoms with Crippen LogP contribution in [0.4, 0.5) is 24.5 Å². The number of alkyl halides is 3. The van der Waals surface area contributed by atoms with Gasteiger partial charge < -0.3 is 19.5 Å². The first-order valence-electron chi connectivity index (χ1n) is 12.3. The third-order valence-electron chi connectivity index (χ3n) is 6.98. The minimum Gasteiger partial charge on any atom is -0.490 e. The van der Waals surface area contributed by atoms with Gasteiger partial charge in [0.25, 0.3) is 0 Å². The number of aliphatic carboxylic acids is 1. The molecule has 208 valence electrons. The minimum absolute atomic E-state index is 0.142. The quantitative estimate of drug-likeness (QED) is 0.468. The molecule has 0 amide bonds. The van der Waals surface area contributed by atoms with E-state index < -0.39 is 36.2 Å². The summed E-state index contributed by atoms with van der Waals surface area (Å²) in [6.07, 6.45) is -3.08. The van der Waals surface area contributed by atoms with Crippen LogP contribution in [-0.4, -0.2) is 60.3 Å². The van der Waals surface area contributed by atoms with E-state index in [1.807, 2.05) is 0 Å². The van der Waals surface area contributed by atoms with Crippen molar-refractivity contribution in [2.75, 3.05) is 30.1 Å². The van der Waals surface area contributed by atoms with Crippen LogP contribution in [-0.2, 0) is 4.79 Å². The van der Waals surface area contributed by atoms with E-state index in [9.17, 15) is 28.3 Å². The number of pyridine rings is 1. The summed E-state index contributed by atoms with van der Waals surface area (Å²) in [5.74, 6) is -1.56. The van der Waals surface area contributed by atoms with Gasteiger partial charge in [-0.05, 0) is 24.3 Å². The Bertz CT molecular complexity index is 1270. The number of hydrazone groups is 1. The van der Waals surface area contributed by atoms with Crippen molar-refractivity contribution in [2.45, 2.75) is 44.5 Å². The molecule has 4 rings (SSSR count). The fourth-order valence-electron chi connectivity index (χ4n) is 5.00. The number of ether oxygens (including phenoxy) is 2. The van der Waals surface area contributed by atoms with E-state index in [1.54, 1.807) is 30.3 Å². The van der Waals surface area contributed by atoms with Crippen LogP contribution >= 0.6 is 11.6 Å². The van der Waals surface area contributed by atoms with Gasteiger partial charge in [0.05, 0.1) is 48.2 Å². The molecule has 4 atom stereocenters. The number of rotatable bonds is 8. The number of aromatic nitrogens is 1. The Morgan fingerprint density at radius 2 is 2.03 bits per heavy atom. The number of nitriles is 1. The number of hydrogen-bond acceptors (Lipinski definition) is 8. The fourth-order valence-corrected chi connectivity index (χ4v) is 5.22. The number of hydrogen-bond donors (Lipinski definition) is 1. The lowest BCUT2D eigenvalue weighted by molar-refractivity contribution is -0.137. The summed E-state index contributed by atoms with van der Waals surface area (Å²) in [7, 11) is 1.52. The Labute approximate surface area is 228 Å². The van der Waals surface area contributed by atoms with Gasteiger partial charge in [0, 0.05) is 43.8 Å². The smallest absolute Gasteiger partial charge is 0.431 e. The monoisotopic (exact) mass is 565 g/mol. The van der Waals surface area contributed by atoms with Gasteiger partial charge >= 0.3 is 12.1 Å². The summed E-state index contributed by atoms with van der Waals surface area (Å²) in [6, 6.07) is 9.31. The average Bonchev–Trinajstić information content (AvgIpc) is 3.22. The molecule has 2 aromatic rings. The molecule has 9 nitrogen and oxygen atoms in total. The molecule has 1 aromatic heterocycles. The molecular formula is C26H27ClF3N5O4. The number of carbonyl (C=O) groups is 1. The van der Waals surface area contributed by atoms with Crippen molar-refractivity contribution >= 4 is 34.7 Å². The van der Waals surface area contributed by atoms with Crippen molar-refractivity contribution in [3.05, 3.63) is 41.6 Å². The molecule has 1 fully saturated rings. The van der Waals surface area contributed by atoms with Crippen molar-refractivity contribution < 1.29 is 32.5 Å². The molecule has 2 aliphatic rings. The van der Waals surface area contributed by atoms with Gasteiger partial charge in [-0.25, -0.2) is 4.98 Å². The number of nitrogens with zero attached hydrogens (tertiary/aromatic N) is 5. The van der Waals surface area contributed by atoms with E-state index in [0.29, 0.717) is 41.8 Å². The van der Waals surface area contributed by atoms with Gasteiger partial charge in [0.15, 0.2) is 0 Å². The Morgan fingerprint density at radius 1 is 1.31 bits per heavy atom. The maximum Gasteiger partial charge on any atom is 0.431 e. The van der Waals surface area contributed by atoms with Crippen LogP contribution in [0.15, 0.2) is 41.6 Å². The molecule has 2 aliphatic heterocycles. The van der Waals surface area contributed by atoms with Crippen molar-refractivity contribution in [1.29, 1.82) is 5.26 Å². The van der Waals surface area contributed by atoms with Gasteiger partial charge in [-0.1, -0.05) is 18.5 Å². The van der Waals surface area contributed by atoms with Gasteiger partial charge in [0.1, 0.15) is 17.6 Å². The van der Waals surface area contributed by atoms with E-state index in [0.717, 1.165) is 10.7 Å². The van der Waals surface area contributed by atoms with Crippen molar-refractivity contribution in [1.82, 2.24) is 4.98 Å². The zero-order chi connectivity index (χ0) is 28.3. The van der Waals surface area contributed by atoms with Crippen LogP contribution in [0.3, 0.4) is 0 Å². The van der Waals surface area contributed by atoms with Gasteiger partial charge in [-0.3, -0.25) is 9.80 Å². The zero-order valence-corrected chi connectivity index (χ0v) is 22.0. The molecule has 0 radical (unpaired) electrons. The Morgan fingerprint density at radius 3 is 2.64 bits per heavy atom. The Kier molecular flexibility index (Phi) is 8.39. The van der Waals surface area contributed by atoms with Crippen LogP contribution in [0.1, 0.15) is 26.2 Å². The first-order chi connectivity index (χ1) is 18.5. The van der Waals surface area contributed by atoms with Crippen LogP contribution in [0.25, 0.3) is 0 Å². The average molecular weight is 566 g/mol. The van der Waals surface area contributed by atoms with Gasteiger partial charge in [-0.2, -0.15) is 23.5 Å². The first-order valence-corrected chi connectivity index (χ1v) is 12.6. The molecule has 3 heterocycles. The van der Waals surface area contributed by atoms with Gasteiger partial charge in [0.2, 0.25) is 5.88 Å². The van der Waals surface area contributed by atoms with Crippen LogP contribution < -0.4 is 19.4 Å². The molecule has 0 aliphatic carbocycles. The summed E-state index contributed by atoms with van der Waals surface area (Å²) >= 11 is 6.36. The number of carboxylic acids is 1. The molecule has 39 heavy (non-hydrogen) atoms. The van der Waals surface area contributed by atoms with Crippen LogP contribution in [0, 0.1) is 23.2 Å². The lowest BCUT2D eigenvalue weighted by atomic mass is 9.91. The minimum atomic E-state index is -4.66. The summed E-state index contributed by atoms with van der Waals surface area (Å²) in [6.45, 7) is 2.45. The lowest BCUT2D eigenvalue weighted by Crippen LogP contribution is -2.45. The SMILES string of the molecule is COc1cc(N2CC[C@@H](Oc3ccc(N4N=C(C(F)(F)F)C(C)C4CC(=O)O)cc3)[C@H](CC#N)C2)c(Cl)cn1. The molecule has 1 saturated heterocycles. The van der Waals surface area contributed by atoms with E-state index in [2.05, 4.69) is 21.1 Å². The van der Waals surface area contributed by atoms with Crippen molar-refractivity contribution in [3.63, 3.8) is 0 Å². The normalized spacial score (nSPS) is 23.3. The highest BCUT2D eigenvalue weighted by Gasteiger charge is 2.48. The van der Waals surface area contributed by atoms with E-state index in [1.165, 1.54) is 20.2 Å². The summed E-state index contributed by atoms with van der Waals surface area (Å²) in [4.78, 5) is 17.5. The van der Waals surface area contributed by atoms with E-state index in [-0.39, 0.29) is 18.4 Å². The second-order valence-corrected chi connectivity index (χ2v) is 9.87. The van der Waals surface area contributed by atoms with Crippen molar-refractivity contribution in [2.24, 2.45) is 16.9 Å². The second-order valence-electron chi connectivity index (χ2n) is 9.47. The predicted molar refractivity (Wildman–Crippen MR) is 138 cm³/mol. The molecule has 0 spiro atoms. The third-order valence-corrected chi connectivity index (χ3v) is 7.27. The topological polar surface area (TPSA) is 111 Å². The molecular weight excluding hydrogens is 539 g/mol. The summed E-state index contributed by atoms with van der Waals surface area (Å²) in [5.41, 5.74) is 0.0697. The molecule has 0 saturated carbocycles. The van der Waals surface area contributed by atoms with Crippen LogP contribution in [0.5, 0.6) is 11.6 Å². The van der Waals surface area contributed by atoms with Crippen molar-refractivity contribution in [3.8, 4) is 17.7 Å². The molecule has 13 heteroatoms. The number of methoxy groups -OCH3 is 1. The van der Waals surface area contributed by atoms with E-state index in [4.69, 9.17) is 21.1 Å². The molecule has 2 unspecified atom stereocenters. The Hall–Kier alpha value is -3.72. The first kappa shape index (κ1) is 28.3. The fraction of sp³-hybridized carbons (Fsp3) is 0.462. The molecule has 1 aromatic carbocycles. The maximum absolute atomic E-state index is 13.5. The summed E-state index contributed by atoms with van der Waals surface area (Å²) in [5, 5.41) is 24.0. The summed E-state index contributed by atoms with van der Waals surface area (Å²) < 4.78 is 51.8. The highest BCUT2D eigenvalue weighted by molar-refractivity contribution is 6.33. The standard InChI is InChI=1S/C26H27ClF3N5O4/c1-15-20(12-24(36)37)35(33-25(15)26(28,29)30)17-3-5-18(6-4-17)39-22-8-10-34(14-16(22)7-9-31)21-11-23(38-2)32-13-19(21)27/h3-6,11,13,15-16,20,22H,7-8,10,12,14H2,1-2H3,(H,36,37)/t15?,16-,20?,22-/m1/s1. The number of benzene rings is 1. The zero-order valence-electron chi connectivity index (χ0n) is 21.2. The number of anilines is 2. The molecule has 0 bridgehead atoms. The highest BCUT2D eigenvalue weighted by Crippen LogP contribution is 2.38. The van der Waals surface area contributed by atoms with E-state index >= 15 is 0 Å². The molecule has 1 N–H and O–H groups in total. The second kappa shape index (κ2) is 11.6. The Balaban J connectivity index is 1.49. The largest absolute Gasteiger partial charge is 0.490 e. The predicted octanol–water partition coefficient (Wildman–Crippen LogP) is 5.15.